The molecule has 0 aliphatic carbocycles. The number of fused-ring (bicyclic) bond motifs is 1. The fourth-order valence-corrected chi connectivity index (χ4v) is 5.19. The van der Waals surface area contributed by atoms with Crippen LogP contribution >= 0.6 is 35.0 Å². The Morgan fingerprint density at radius 3 is 2.73 bits per heavy atom. The second-order valence-corrected chi connectivity index (χ2v) is 10.7. The summed E-state index contributed by atoms with van der Waals surface area (Å²) in [5, 5.41) is 3.86. The Morgan fingerprint density at radius 1 is 1.23 bits per heavy atom. The van der Waals surface area contributed by atoms with E-state index in [1.807, 2.05) is 12.1 Å². The molecule has 162 valence electrons. The van der Waals surface area contributed by atoms with Gasteiger partial charge < -0.3 is 10.1 Å². The van der Waals surface area contributed by atoms with Crippen LogP contribution in [0.2, 0.25) is 10.0 Å². The third kappa shape index (κ3) is 5.55. The molecule has 0 fully saturated rings. The molecule has 1 unspecified atom stereocenters. The highest BCUT2D eigenvalue weighted by atomic mass is 35.5. The number of para-hydroxylation sites is 2. The van der Waals surface area contributed by atoms with Gasteiger partial charge in [0.1, 0.15) is 5.75 Å². The van der Waals surface area contributed by atoms with Gasteiger partial charge in [0, 0.05) is 18.1 Å². The van der Waals surface area contributed by atoms with Crippen molar-refractivity contribution in [2.24, 2.45) is 0 Å². The number of benzene rings is 2. The Hall–Kier alpha value is -1.61. The van der Waals surface area contributed by atoms with E-state index < -0.39 is 16.1 Å². The minimum absolute atomic E-state index is 0.0462. The quantitative estimate of drug-likeness (QED) is 0.569. The number of nitrogens with zero attached hydrogens (tertiary/aromatic N) is 1. The van der Waals surface area contributed by atoms with Crippen LogP contribution in [0.15, 0.2) is 42.5 Å². The summed E-state index contributed by atoms with van der Waals surface area (Å²) in [6, 6.07) is 12.3. The van der Waals surface area contributed by atoms with Crippen LogP contribution in [0.4, 0.5) is 5.69 Å². The Kier molecular flexibility index (Phi) is 7.79. The lowest BCUT2D eigenvalue weighted by Gasteiger charge is -2.34. The molecular weight excluding hydrogens is 467 g/mol. The van der Waals surface area contributed by atoms with Gasteiger partial charge in [0.05, 0.1) is 28.0 Å². The van der Waals surface area contributed by atoms with E-state index in [1.165, 1.54) is 4.31 Å². The molecule has 2 aromatic rings. The summed E-state index contributed by atoms with van der Waals surface area (Å²) in [6.45, 7) is 1.97. The number of anilines is 1. The number of nitrogens with one attached hydrogen (secondary N) is 1. The monoisotopic (exact) mass is 488 g/mol. The van der Waals surface area contributed by atoms with Crippen molar-refractivity contribution < 1.29 is 17.9 Å². The van der Waals surface area contributed by atoms with Gasteiger partial charge in [-0.3, -0.25) is 9.10 Å². The number of halogens is 2. The van der Waals surface area contributed by atoms with Gasteiger partial charge in [-0.25, -0.2) is 8.42 Å². The van der Waals surface area contributed by atoms with Crippen molar-refractivity contribution in [1.82, 2.24) is 5.32 Å². The van der Waals surface area contributed by atoms with Crippen molar-refractivity contribution in [3.05, 3.63) is 58.1 Å². The Balaban J connectivity index is 1.53. The van der Waals surface area contributed by atoms with Crippen molar-refractivity contribution in [2.75, 3.05) is 28.9 Å². The summed E-state index contributed by atoms with van der Waals surface area (Å²) in [4.78, 5) is 12.6. The molecule has 0 saturated heterocycles. The van der Waals surface area contributed by atoms with Crippen LogP contribution in [0.25, 0.3) is 0 Å². The maximum atomic E-state index is 12.6. The van der Waals surface area contributed by atoms with Gasteiger partial charge >= 0.3 is 0 Å². The molecule has 1 heterocycles. The third-order valence-corrected chi connectivity index (χ3v) is 8.04. The lowest BCUT2D eigenvalue weighted by atomic mass is 10.2. The predicted octanol–water partition coefficient (Wildman–Crippen LogP) is 3.96. The molecule has 1 amide bonds. The second kappa shape index (κ2) is 10.1. The molecule has 1 aliphatic rings. The molecule has 0 radical (unpaired) electrons. The molecule has 10 heteroatoms. The molecule has 0 spiro atoms. The Morgan fingerprint density at radius 2 is 2.00 bits per heavy atom. The minimum atomic E-state index is -3.52. The lowest BCUT2D eigenvalue weighted by Crippen LogP contribution is -2.51. The van der Waals surface area contributed by atoms with Gasteiger partial charge in [0.2, 0.25) is 10.0 Å². The van der Waals surface area contributed by atoms with Gasteiger partial charge in [0.25, 0.3) is 5.91 Å². The van der Waals surface area contributed by atoms with E-state index in [0.717, 1.165) is 11.3 Å². The topological polar surface area (TPSA) is 75.7 Å². The average molecular weight is 489 g/mol. The average Bonchev–Trinajstić information content (AvgIpc) is 2.74. The SMILES string of the molecule is CCS(=O)(=O)N1CC(C(=O)NCCSCc2ccc(Cl)c(Cl)c2)Oc2ccccc21. The molecule has 2 aromatic carbocycles. The highest BCUT2D eigenvalue weighted by Crippen LogP contribution is 2.35. The first-order chi connectivity index (χ1) is 14.3. The number of rotatable bonds is 8. The van der Waals surface area contributed by atoms with Crippen LogP contribution in [0.5, 0.6) is 5.75 Å². The van der Waals surface area contributed by atoms with Crippen molar-refractivity contribution in [2.45, 2.75) is 18.8 Å². The fourth-order valence-electron chi connectivity index (χ4n) is 2.94. The fraction of sp³-hybridized carbons (Fsp3) is 0.350. The number of sulfonamides is 1. The normalized spacial score (nSPS) is 16.0. The number of hydrogen-bond acceptors (Lipinski definition) is 5. The Bertz CT molecular complexity index is 1020. The largest absolute Gasteiger partial charge is 0.476 e. The minimum Gasteiger partial charge on any atom is -0.476 e. The Labute approximate surface area is 190 Å². The van der Waals surface area contributed by atoms with Crippen LogP contribution in [-0.2, 0) is 20.6 Å². The van der Waals surface area contributed by atoms with Crippen LogP contribution < -0.4 is 14.4 Å². The highest BCUT2D eigenvalue weighted by Gasteiger charge is 2.35. The molecule has 0 saturated carbocycles. The first-order valence-corrected chi connectivity index (χ1v) is 12.9. The number of thioether (sulfide) groups is 1. The molecule has 0 aromatic heterocycles. The smallest absolute Gasteiger partial charge is 0.263 e. The van der Waals surface area contributed by atoms with Crippen molar-refractivity contribution >= 4 is 56.6 Å². The van der Waals surface area contributed by atoms with E-state index in [-0.39, 0.29) is 18.2 Å². The van der Waals surface area contributed by atoms with Gasteiger partial charge in [-0.15, -0.1) is 0 Å². The van der Waals surface area contributed by atoms with Crippen molar-refractivity contribution in [3.63, 3.8) is 0 Å². The molecule has 1 aliphatic heterocycles. The van der Waals surface area contributed by atoms with Crippen LogP contribution in [0, 0.1) is 0 Å². The predicted molar refractivity (Wildman–Crippen MR) is 123 cm³/mol. The molecular formula is C20H22Cl2N2O4S2. The van der Waals surface area contributed by atoms with Gasteiger partial charge in [-0.1, -0.05) is 41.4 Å². The van der Waals surface area contributed by atoms with E-state index in [4.69, 9.17) is 27.9 Å². The molecule has 6 nitrogen and oxygen atoms in total. The standard InChI is InChI=1S/C20H22Cl2N2O4S2/c1-2-30(26,27)24-12-19(28-18-6-4-3-5-17(18)24)20(25)23-9-10-29-13-14-7-8-15(21)16(22)11-14/h3-8,11,19H,2,9-10,12-13H2,1H3,(H,23,25). The highest BCUT2D eigenvalue weighted by molar-refractivity contribution is 7.98. The number of hydrogen-bond donors (Lipinski definition) is 1. The lowest BCUT2D eigenvalue weighted by molar-refractivity contribution is -0.127. The third-order valence-electron chi connectivity index (χ3n) is 4.53. The maximum absolute atomic E-state index is 12.6. The van der Waals surface area contributed by atoms with Crippen LogP contribution in [-0.4, -0.2) is 45.0 Å². The van der Waals surface area contributed by atoms with E-state index in [1.54, 1.807) is 49.0 Å². The first-order valence-electron chi connectivity index (χ1n) is 9.37. The summed E-state index contributed by atoms with van der Waals surface area (Å²) >= 11 is 13.6. The zero-order chi connectivity index (χ0) is 21.7. The zero-order valence-corrected chi connectivity index (χ0v) is 19.5. The summed E-state index contributed by atoms with van der Waals surface area (Å²) in [5.74, 6) is 1.42. The summed E-state index contributed by atoms with van der Waals surface area (Å²) in [6.07, 6.45) is -0.902. The molecule has 1 atom stereocenters. The second-order valence-electron chi connectivity index (χ2n) is 6.60. The van der Waals surface area contributed by atoms with E-state index in [2.05, 4.69) is 5.32 Å². The van der Waals surface area contributed by atoms with Gasteiger partial charge in [-0.2, -0.15) is 11.8 Å². The number of carbonyl (C=O) groups is 1. The first kappa shape index (κ1) is 23.1. The maximum Gasteiger partial charge on any atom is 0.263 e. The van der Waals surface area contributed by atoms with E-state index in [0.29, 0.717) is 33.8 Å². The molecule has 30 heavy (non-hydrogen) atoms. The van der Waals surface area contributed by atoms with Crippen molar-refractivity contribution in [1.29, 1.82) is 0 Å². The molecule has 1 N–H and O–H groups in total. The van der Waals surface area contributed by atoms with E-state index >= 15 is 0 Å². The summed E-state index contributed by atoms with van der Waals surface area (Å²) in [5.41, 5.74) is 1.51. The van der Waals surface area contributed by atoms with Crippen LogP contribution in [0.3, 0.4) is 0 Å². The molecule has 0 bridgehead atoms. The van der Waals surface area contributed by atoms with Crippen LogP contribution in [0.1, 0.15) is 12.5 Å². The van der Waals surface area contributed by atoms with E-state index in [9.17, 15) is 13.2 Å². The zero-order valence-electron chi connectivity index (χ0n) is 16.3. The summed E-state index contributed by atoms with van der Waals surface area (Å²) in [7, 11) is -3.52. The summed E-state index contributed by atoms with van der Waals surface area (Å²) < 4.78 is 32.0. The number of carbonyl (C=O) groups excluding carboxylic acids is 1. The van der Waals surface area contributed by atoms with Crippen molar-refractivity contribution in [3.8, 4) is 5.75 Å². The molecule has 3 rings (SSSR count). The number of amides is 1. The van der Waals surface area contributed by atoms with Gasteiger partial charge in [0.15, 0.2) is 6.10 Å². The van der Waals surface area contributed by atoms with Gasteiger partial charge in [-0.05, 0) is 36.8 Å². The number of ether oxygens (including phenoxy) is 1.